The van der Waals surface area contributed by atoms with Gasteiger partial charge in [0.2, 0.25) is 0 Å². The summed E-state index contributed by atoms with van der Waals surface area (Å²) in [6.07, 6.45) is 3.28. The van der Waals surface area contributed by atoms with E-state index in [9.17, 15) is 9.59 Å². The van der Waals surface area contributed by atoms with Crippen LogP contribution in [0.1, 0.15) is 0 Å². The number of rotatable bonds is 1. The minimum atomic E-state index is -0.681. The van der Waals surface area contributed by atoms with Crippen LogP contribution in [0.4, 0.5) is 0 Å². The fraction of sp³-hybridized carbons (Fsp3) is 0.143. The Morgan fingerprint density at radius 3 is 2.82 bits per heavy atom. The first-order valence-electron chi connectivity index (χ1n) is 2.90. The zero-order valence-corrected chi connectivity index (χ0v) is 5.87. The highest BCUT2D eigenvalue weighted by atomic mass is 16.5. The number of ketones is 1. The quantitative estimate of drug-likeness (QED) is 0.233. The van der Waals surface area contributed by atoms with Crippen molar-refractivity contribution in [3.8, 4) is 0 Å². The van der Waals surface area contributed by atoms with Crippen molar-refractivity contribution in [3.63, 3.8) is 0 Å². The van der Waals surface area contributed by atoms with Gasteiger partial charge in [0.1, 0.15) is 11.8 Å². The maximum Gasteiger partial charge on any atom is 0.350 e. The first-order chi connectivity index (χ1) is 5.25. The Kier molecular flexibility index (Phi) is 2.06. The van der Waals surface area contributed by atoms with Crippen LogP contribution in [0.3, 0.4) is 0 Å². The Bertz CT molecular complexity index is 249. The zero-order chi connectivity index (χ0) is 8.27. The van der Waals surface area contributed by atoms with Crippen LogP contribution in [0.5, 0.6) is 0 Å². The monoisotopic (exact) mass is 154 g/mol. The molecule has 0 amide bonds. The summed E-state index contributed by atoms with van der Waals surface area (Å²) in [5.41, 5.74) is -0.0880. The van der Waals surface area contributed by atoms with Gasteiger partial charge in [-0.3, -0.25) is 4.79 Å². The molecule has 0 unspecified atom stereocenters. The van der Waals surface area contributed by atoms with Crippen molar-refractivity contribution in [2.24, 2.45) is 0 Å². The summed E-state index contributed by atoms with van der Waals surface area (Å²) in [6, 6.07) is 0. The molecule has 0 atom stereocenters. The van der Waals surface area contributed by atoms with Crippen LogP contribution in [-0.4, -0.2) is 18.9 Å². The molecule has 0 N–H and O–H groups in total. The second kappa shape index (κ2) is 3.01. The molecule has 11 heavy (non-hydrogen) atoms. The molecular formula is C7H6O4. The summed E-state index contributed by atoms with van der Waals surface area (Å²) in [5.74, 6) is -1.08. The number of allylic oxidation sites excluding steroid dienone is 1. The second-order valence-electron chi connectivity index (χ2n) is 1.84. The van der Waals surface area contributed by atoms with Crippen molar-refractivity contribution in [1.82, 2.24) is 0 Å². The summed E-state index contributed by atoms with van der Waals surface area (Å²) in [7, 11) is 1.35. The molecule has 0 saturated carbocycles. The van der Waals surface area contributed by atoms with Gasteiger partial charge in [0, 0.05) is 6.08 Å². The van der Waals surface area contributed by atoms with Crippen LogP contribution in [0, 0.1) is 0 Å². The number of hydrogen-bond acceptors (Lipinski definition) is 4. The van der Waals surface area contributed by atoms with Crippen molar-refractivity contribution in [1.29, 1.82) is 0 Å². The van der Waals surface area contributed by atoms with Crippen LogP contribution < -0.4 is 0 Å². The van der Waals surface area contributed by atoms with Crippen molar-refractivity contribution >= 4 is 11.8 Å². The highest BCUT2D eigenvalue weighted by molar-refractivity contribution is 6.22. The molecule has 4 heteroatoms. The molecule has 0 spiro atoms. The second-order valence-corrected chi connectivity index (χ2v) is 1.84. The molecule has 0 saturated heterocycles. The number of methoxy groups -OCH3 is 1. The Morgan fingerprint density at radius 2 is 2.27 bits per heavy atom. The minimum absolute atomic E-state index is 0.0880. The molecule has 0 radical (unpaired) electrons. The Labute approximate surface area is 63.1 Å². The van der Waals surface area contributed by atoms with Gasteiger partial charge in [-0.15, -0.1) is 0 Å². The van der Waals surface area contributed by atoms with Crippen molar-refractivity contribution in [2.45, 2.75) is 0 Å². The molecule has 0 aliphatic carbocycles. The lowest BCUT2D eigenvalue weighted by molar-refractivity contribution is -0.136. The lowest BCUT2D eigenvalue weighted by atomic mass is 10.2. The van der Waals surface area contributed by atoms with E-state index in [4.69, 9.17) is 0 Å². The predicted octanol–water partition coefficient (Wildman–Crippen LogP) is 0.156. The molecule has 0 aromatic carbocycles. The number of esters is 1. The average Bonchev–Trinajstić information content (AvgIpc) is 1.97. The highest BCUT2D eigenvalue weighted by Crippen LogP contribution is 2.07. The van der Waals surface area contributed by atoms with Gasteiger partial charge in [0.15, 0.2) is 5.78 Å². The van der Waals surface area contributed by atoms with Gasteiger partial charge >= 0.3 is 5.97 Å². The lowest BCUT2D eigenvalue weighted by Crippen LogP contribution is -2.16. The third kappa shape index (κ3) is 1.46. The molecule has 0 bridgehead atoms. The predicted molar refractivity (Wildman–Crippen MR) is 35.3 cm³/mol. The van der Waals surface area contributed by atoms with E-state index in [0.717, 1.165) is 18.6 Å². The first-order valence-corrected chi connectivity index (χ1v) is 2.90. The highest BCUT2D eigenvalue weighted by Gasteiger charge is 2.21. The fourth-order valence-electron chi connectivity index (χ4n) is 0.636. The van der Waals surface area contributed by atoms with E-state index in [1.54, 1.807) is 0 Å². The van der Waals surface area contributed by atoms with Crippen molar-refractivity contribution < 1.29 is 19.1 Å². The topological polar surface area (TPSA) is 52.6 Å². The number of carbonyl (C=O) groups is 2. The largest absolute Gasteiger partial charge is 0.503 e. The molecule has 58 valence electrons. The van der Waals surface area contributed by atoms with Gasteiger partial charge in [0.25, 0.3) is 0 Å². The van der Waals surface area contributed by atoms with Gasteiger partial charge in [-0.2, -0.15) is 0 Å². The lowest BCUT2D eigenvalue weighted by Gasteiger charge is -2.05. The summed E-state index contributed by atoms with van der Waals surface area (Å²) in [4.78, 5) is 21.6. The molecule has 1 rings (SSSR count). The van der Waals surface area contributed by atoms with Crippen LogP contribution in [0.25, 0.3) is 0 Å². The standard InChI is InChI=1S/C7H6O4/c1-10-4-5-6(8)2-3-11-7(5)9/h2-4H,1H3. The Balaban J connectivity index is 2.92. The van der Waals surface area contributed by atoms with Gasteiger partial charge in [-0.25, -0.2) is 4.79 Å². The van der Waals surface area contributed by atoms with Gasteiger partial charge < -0.3 is 9.47 Å². The number of ether oxygens (including phenoxy) is 2. The smallest absolute Gasteiger partial charge is 0.350 e. The van der Waals surface area contributed by atoms with Gasteiger partial charge in [-0.1, -0.05) is 0 Å². The maximum atomic E-state index is 10.9. The van der Waals surface area contributed by atoms with Gasteiger partial charge in [0.05, 0.1) is 13.4 Å². The summed E-state index contributed by atoms with van der Waals surface area (Å²) >= 11 is 0. The number of carbonyl (C=O) groups excluding carboxylic acids is 2. The summed E-state index contributed by atoms with van der Waals surface area (Å²) in [6.45, 7) is 0. The van der Waals surface area contributed by atoms with E-state index >= 15 is 0 Å². The maximum absolute atomic E-state index is 10.9. The van der Waals surface area contributed by atoms with E-state index in [1.807, 2.05) is 0 Å². The SMILES string of the molecule is COC=C1C(=O)C=COC1=O. The Morgan fingerprint density at radius 1 is 1.55 bits per heavy atom. The van der Waals surface area contributed by atoms with Crippen LogP contribution in [0.15, 0.2) is 24.2 Å². The molecule has 1 aliphatic heterocycles. The average molecular weight is 154 g/mol. The molecule has 1 heterocycles. The Hall–Kier alpha value is -1.58. The third-order valence-corrected chi connectivity index (χ3v) is 1.12. The third-order valence-electron chi connectivity index (χ3n) is 1.12. The normalized spacial score (nSPS) is 20.3. The number of hydrogen-bond donors (Lipinski definition) is 0. The van der Waals surface area contributed by atoms with E-state index in [0.29, 0.717) is 0 Å². The summed E-state index contributed by atoms with van der Waals surface area (Å²) < 4.78 is 8.93. The van der Waals surface area contributed by atoms with Crippen LogP contribution >= 0.6 is 0 Å². The number of cyclic esters (lactones) is 1. The van der Waals surface area contributed by atoms with E-state index in [1.165, 1.54) is 7.11 Å². The van der Waals surface area contributed by atoms with Crippen molar-refractivity contribution in [2.75, 3.05) is 7.11 Å². The van der Waals surface area contributed by atoms with E-state index in [-0.39, 0.29) is 5.57 Å². The van der Waals surface area contributed by atoms with E-state index < -0.39 is 11.8 Å². The van der Waals surface area contributed by atoms with Crippen molar-refractivity contribution in [3.05, 3.63) is 24.2 Å². The summed E-state index contributed by atoms with van der Waals surface area (Å²) in [5, 5.41) is 0. The van der Waals surface area contributed by atoms with Gasteiger partial charge in [-0.05, 0) is 0 Å². The molecular weight excluding hydrogens is 148 g/mol. The molecule has 1 aliphatic rings. The zero-order valence-electron chi connectivity index (χ0n) is 5.87. The minimum Gasteiger partial charge on any atom is -0.503 e. The fourth-order valence-corrected chi connectivity index (χ4v) is 0.636. The molecule has 0 aromatic rings. The van der Waals surface area contributed by atoms with E-state index in [2.05, 4.69) is 9.47 Å². The molecule has 4 nitrogen and oxygen atoms in total. The van der Waals surface area contributed by atoms with Crippen LogP contribution in [-0.2, 0) is 19.1 Å². The first kappa shape index (κ1) is 7.53. The van der Waals surface area contributed by atoms with Crippen LogP contribution in [0.2, 0.25) is 0 Å². The molecule has 0 fully saturated rings. The molecule has 0 aromatic heterocycles.